The fourth-order valence-corrected chi connectivity index (χ4v) is 4.38. The number of benzene rings is 2. The Hall–Kier alpha value is -2.64. The Bertz CT molecular complexity index is 1100. The van der Waals surface area contributed by atoms with E-state index in [4.69, 9.17) is 0 Å². The fraction of sp³-hybridized carbons (Fsp3) is 0.435. The minimum absolute atomic E-state index is 0. The second kappa shape index (κ2) is 10.6. The summed E-state index contributed by atoms with van der Waals surface area (Å²) in [6, 6.07) is 7.13. The number of hydrazone groups is 1. The highest BCUT2D eigenvalue weighted by molar-refractivity contribution is 5.97. The third-order valence-corrected chi connectivity index (χ3v) is 6.29. The van der Waals surface area contributed by atoms with Crippen molar-refractivity contribution in [2.75, 3.05) is 36.1 Å². The zero-order chi connectivity index (χ0) is 26.3. The molecule has 2 heterocycles. The summed E-state index contributed by atoms with van der Waals surface area (Å²) in [7, 11) is 0. The van der Waals surface area contributed by atoms with Gasteiger partial charge in [-0.2, -0.15) is 31.4 Å². The molecule has 0 aromatic heterocycles. The quantitative estimate of drug-likeness (QED) is 0.497. The van der Waals surface area contributed by atoms with Crippen LogP contribution in [0.4, 0.5) is 46.5 Å². The Morgan fingerprint density at radius 2 is 1.54 bits per heavy atom. The molecule has 1 saturated heterocycles. The van der Waals surface area contributed by atoms with Gasteiger partial charge in [0.15, 0.2) is 5.82 Å². The lowest BCUT2D eigenvalue weighted by molar-refractivity contribution is -0.338. The molecule has 1 atom stereocenters. The lowest BCUT2D eigenvalue weighted by Gasteiger charge is -2.32. The van der Waals surface area contributed by atoms with Crippen LogP contribution in [0.3, 0.4) is 0 Å². The van der Waals surface area contributed by atoms with Crippen LogP contribution in [0.25, 0.3) is 0 Å². The first kappa shape index (κ1) is 28.9. The van der Waals surface area contributed by atoms with Crippen LogP contribution in [0.2, 0.25) is 0 Å². The molecule has 0 aliphatic carbocycles. The number of halogens is 9. The van der Waals surface area contributed by atoms with Crippen molar-refractivity contribution in [2.45, 2.75) is 36.8 Å². The second-order valence-electron chi connectivity index (χ2n) is 8.59. The van der Waals surface area contributed by atoms with Gasteiger partial charge in [-0.05, 0) is 42.8 Å². The van der Waals surface area contributed by atoms with E-state index < -0.39 is 53.4 Å². The first-order chi connectivity index (χ1) is 16.8. The predicted molar refractivity (Wildman–Crippen MR) is 124 cm³/mol. The highest BCUT2D eigenvalue weighted by Gasteiger charge is 2.74. The molecular formula is C23H23ClF8N4O. The lowest BCUT2D eigenvalue weighted by atomic mass is 9.90. The van der Waals surface area contributed by atoms with E-state index in [9.17, 15) is 40.2 Å². The fourth-order valence-electron chi connectivity index (χ4n) is 4.38. The van der Waals surface area contributed by atoms with Crippen LogP contribution in [0, 0.1) is 11.6 Å². The minimum atomic E-state index is -6.14. The number of alkyl halides is 6. The van der Waals surface area contributed by atoms with Gasteiger partial charge >= 0.3 is 12.4 Å². The highest BCUT2D eigenvalue weighted by atomic mass is 35.5. The van der Waals surface area contributed by atoms with Crippen LogP contribution in [-0.4, -0.2) is 55.0 Å². The third kappa shape index (κ3) is 5.48. The summed E-state index contributed by atoms with van der Waals surface area (Å²) >= 11 is 0. The van der Waals surface area contributed by atoms with Gasteiger partial charge in [0.25, 0.3) is 5.60 Å². The van der Waals surface area contributed by atoms with E-state index in [0.717, 1.165) is 43.9 Å². The molecule has 1 fully saturated rings. The zero-order valence-electron chi connectivity index (χ0n) is 19.1. The summed E-state index contributed by atoms with van der Waals surface area (Å²) in [6.45, 7) is 3.04. The molecule has 2 aliphatic rings. The summed E-state index contributed by atoms with van der Waals surface area (Å²) < 4.78 is 109. The van der Waals surface area contributed by atoms with Crippen LogP contribution in [-0.2, 0) is 0 Å². The Morgan fingerprint density at radius 3 is 2.14 bits per heavy atom. The molecular weight excluding hydrogens is 536 g/mol. The van der Waals surface area contributed by atoms with Crippen molar-refractivity contribution in [1.82, 2.24) is 5.32 Å². The number of aliphatic hydroxyl groups is 1. The van der Waals surface area contributed by atoms with E-state index in [-0.39, 0.29) is 18.0 Å². The Morgan fingerprint density at radius 1 is 0.892 bits per heavy atom. The van der Waals surface area contributed by atoms with Crippen LogP contribution >= 0.6 is 12.4 Å². The van der Waals surface area contributed by atoms with Gasteiger partial charge < -0.3 is 15.3 Å². The van der Waals surface area contributed by atoms with Crippen molar-refractivity contribution in [3.63, 3.8) is 0 Å². The van der Waals surface area contributed by atoms with Crippen LogP contribution in [0.15, 0.2) is 47.6 Å². The zero-order valence-corrected chi connectivity index (χ0v) is 19.9. The van der Waals surface area contributed by atoms with Gasteiger partial charge in [-0.25, -0.2) is 8.78 Å². The maximum Gasteiger partial charge on any atom is 0.431 e. The molecule has 2 aromatic carbocycles. The van der Waals surface area contributed by atoms with Crippen molar-refractivity contribution < 1.29 is 40.2 Å². The Balaban J connectivity index is 0.00000380. The molecule has 1 unspecified atom stereocenters. The average Bonchev–Trinajstić information content (AvgIpc) is 3.04. The van der Waals surface area contributed by atoms with Gasteiger partial charge in [-0.15, -0.1) is 12.4 Å². The number of hydrogen-bond acceptors (Lipinski definition) is 5. The molecule has 0 radical (unpaired) electrons. The summed E-state index contributed by atoms with van der Waals surface area (Å²) in [6.07, 6.45) is -12.4. The van der Waals surface area contributed by atoms with Crippen molar-refractivity contribution >= 4 is 29.5 Å². The van der Waals surface area contributed by atoms with Gasteiger partial charge in [0, 0.05) is 37.8 Å². The molecule has 0 bridgehead atoms. The number of anilines is 2. The SMILES string of the molecule is Cl.OC(C1=NN(c2ccc(F)cc2F)C(c2ccc(N3CCCNCC3)cc2)C1)(C(F)(F)F)C(F)(F)F. The lowest BCUT2D eigenvalue weighted by Crippen LogP contribution is -2.62. The van der Waals surface area contributed by atoms with Crippen molar-refractivity contribution in [1.29, 1.82) is 0 Å². The van der Waals surface area contributed by atoms with Crippen LogP contribution < -0.4 is 15.2 Å². The topological polar surface area (TPSA) is 51.1 Å². The molecule has 14 heteroatoms. The molecule has 0 amide bonds. The standard InChI is InChI=1S/C23H22F8N4O.ClH/c24-15-4-7-18(17(25)12-15)35-19(13-20(33-35)21(36,22(26,27)28)23(29,30)31)14-2-5-16(6-3-14)34-10-1-8-32-9-11-34;/h2-7,12,19,32,36H,1,8-11,13H2;1H. The van der Waals surface area contributed by atoms with Crippen molar-refractivity contribution in [3.8, 4) is 0 Å². The van der Waals surface area contributed by atoms with E-state index in [1.54, 1.807) is 12.1 Å². The van der Waals surface area contributed by atoms with Crippen molar-refractivity contribution in [2.24, 2.45) is 5.10 Å². The van der Waals surface area contributed by atoms with Gasteiger partial charge in [-0.3, -0.25) is 5.01 Å². The number of hydrogen-bond donors (Lipinski definition) is 2. The first-order valence-electron chi connectivity index (χ1n) is 11.1. The first-order valence-corrected chi connectivity index (χ1v) is 11.1. The summed E-state index contributed by atoms with van der Waals surface area (Å²) in [4.78, 5) is 2.07. The average molecular weight is 559 g/mol. The molecule has 4 rings (SSSR count). The number of nitrogens with zero attached hydrogens (tertiary/aromatic N) is 3. The molecule has 2 aliphatic heterocycles. The predicted octanol–water partition coefficient (Wildman–Crippen LogP) is 5.35. The molecule has 2 N–H and O–H groups in total. The molecule has 5 nitrogen and oxygen atoms in total. The maximum atomic E-state index is 14.6. The Labute approximate surface area is 213 Å². The molecule has 204 valence electrons. The van der Waals surface area contributed by atoms with E-state index in [1.807, 2.05) is 0 Å². The summed E-state index contributed by atoms with van der Waals surface area (Å²) in [5, 5.41) is 17.2. The van der Waals surface area contributed by atoms with E-state index in [0.29, 0.717) is 17.6 Å². The number of rotatable bonds is 4. The van der Waals surface area contributed by atoms with E-state index >= 15 is 0 Å². The van der Waals surface area contributed by atoms with Gasteiger partial charge in [0.1, 0.15) is 5.82 Å². The highest BCUT2D eigenvalue weighted by Crippen LogP contribution is 2.49. The minimum Gasteiger partial charge on any atom is -0.370 e. The van der Waals surface area contributed by atoms with Crippen LogP contribution in [0.1, 0.15) is 24.4 Å². The molecule has 0 spiro atoms. The van der Waals surface area contributed by atoms with Gasteiger partial charge in [0.05, 0.1) is 17.4 Å². The molecule has 0 saturated carbocycles. The molecule has 37 heavy (non-hydrogen) atoms. The molecule has 2 aromatic rings. The van der Waals surface area contributed by atoms with Crippen LogP contribution in [0.5, 0.6) is 0 Å². The van der Waals surface area contributed by atoms with E-state index in [2.05, 4.69) is 15.3 Å². The number of nitrogens with one attached hydrogen (secondary N) is 1. The largest absolute Gasteiger partial charge is 0.431 e. The Kier molecular flexibility index (Phi) is 8.30. The monoisotopic (exact) mass is 558 g/mol. The summed E-state index contributed by atoms with van der Waals surface area (Å²) in [5.74, 6) is -2.23. The maximum absolute atomic E-state index is 14.6. The van der Waals surface area contributed by atoms with E-state index in [1.165, 1.54) is 12.1 Å². The van der Waals surface area contributed by atoms with Gasteiger partial charge in [0.2, 0.25) is 0 Å². The third-order valence-electron chi connectivity index (χ3n) is 6.29. The van der Waals surface area contributed by atoms with Gasteiger partial charge in [-0.1, -0.05) is 12.1 Å². The smallest absolute Gasteiger partial charge is 0.370 e. The second-order valence-corrected chi connectivity index (χ2v) is 8.59. The normalized spacial score (nSPS) is 19.4. The summed E-state index contributed by atoms with van der Waals surface area (Å²) in [5.41, 5.74) is -6.39. The van der Waals surface area contributed by atoms with Crippen molar-refractivity contribution in [3.05, 3.63) is 59.7 Å².